The maximum absolute atomic E-state index is 5.97. The Morgan fingerprint density at radius 2 is 2.06 bits per heavy atom. The van der Waals surface area contributed by atoms with Crippen LogP contribution in [0.25, 0.3) is 0 Å². The van der Waals surface area contributed by atoms with Crippen LogP contribution in [0.2, 0.25) is 5.28 Å². The molecule has 0 bridgehead atoms. The molecular formula is C11H14ClN5S. The summed E-state index contributed by atoms with van der Waals surface area (Å²) >= 11 is 7.48. The Balaban J connectivity index is 2.26. The van der Waals surface area contributed by atoms with Crippen molar-refractivity contribution in [2.75, 3.05) is 17.7 Å². The monoisotopic (exact) mass is 283 g/mol. The maximum Gasteiger partial charge on any atom is 0.224 e. The SMILES string of the molecule is Cc1nc(CN(C)c2nc(Cl)nc(C)c2N)cs1. The van der Waals surface area contributed by atoms with Crippen LogP contribution >= 0.6 is 22.9 Å². The molecule has 0 aliphatic carbocycles. The number of halogens is 1. The number of anilines is 2. The van der Waals surface area contributed by atoms with Crippen LogP contribution in [-0.2, 0) is 6.54 Å². The van der Waals surface area contributed by atoms with Crippen molar-refractivity contribution in [3.8, 4) is 0 Å². The van der Waals surface area contributed by atoms with E-state index in [9.17, 15) is 0 Å². The topological polar surface area (TPSA) is 67.9 Å². The van der Waals surface area contributed by atoms with Gasteiger partial charge in [-0.25, -0.2) is 9.97 Å². The molecule has 0 amide bonds. The molecule has 2 aromatic rings. The molecule has 0 aromatic carbocycles. The fourth-order valence-corrected chi connectivity index (χ4v) is 2.43. The van der Waals surface area contributed by atoms with Crippen molar-refractivity contribution in [2.45, 2.75) is 20.4 Å². The Morgan fingerprint density at radius 1 is 1.33 bits per heavy atom. The number of nitrogens with zero attached hydrogens (tertiary/aromatic N) is 4. The van der Waals surface area contributed by atoms with Gasteiger partial charge in [-0.05, 0) is 25.4 Å². The van der Waals surface area contributed by atoms with Gasteiger partial charge in [0, 0.05) is 12.4 Å². The Bertz CT molecular complexity index is 569. The van der Waals surface area contributed by atoms with Crippen LogP contribution in [0.15, 0.2) is 5.38 Å². The molecule has 0 aliphatic rings. The highest BCUT2D eigenvalue weighted by atomic mass is 35.5. The lowest BCUT2D eigenvalue weighted by molar-refractivity contribution is 0.864. The molecule has 5 nitrogen and oxygen atoms in total. The van der Waals surface area contributed by atoms with Gasteiger partial charge in [0.2, 0.25) is 5.28 Å². The molecule has 7 heteroatoms. The largest absolute Gasteiger partial charge is 0.394 e. The van der Waals surface area contributed by atoms with Crippen molar-refractivity contribution in [1.29, 1.82) is 0 Å². The van der Waals surface area contributed by atoms with Crippen LogP contribution in [-0.4, -0.2) is 22.0 Å². The summed E-state index contributed by atoms with van der Waals surface area (Å²) in [5.41, 5.74) is 8.20. The second-order valence-corrected chi connectivity index (χ2v) is 5.43. The second kappa shape index (κ2) is 5.07. The van der Waals surface area contributed by atoms with E-state index >= 15 is 0 Å². The second-order valence-electron chi connectivity index (χ2n) is 4.03. The van der Waals surface area contributed by atoms with Crippen molar-refractivity contribution < 1.29 is 0 Å². The number of nitrogens with two attached hydrogens (primary N) is 1. The number of aromatic nitrogens is 3. The number of hydrogen-bond donors (Lipinski definition) is 1. The quantitative estimate of drug-likeness (QED) is 0.876. The van der Waals surface area contributed by atoms with Gasteiger partial charge in [0.05, 0.1) is 28.6 Å². The Morgan fingerprint density at radius 3 is 2.67 bits per heavy atom. The van der Waals surface area contributed by atoms with Crippen LogP contribution in [0.4, 0.5) is 11.5 Å². The smallest absolute Gasteiger partial charge is 0.224 e. The number of hydrogen-bond acceptors (Lipinski definition) is 6. The summed E-state index contributed by atoms with van der Waals surface area (Å²) in [6, 6.07) is 0. The molecule has 18 heavy (non-hydrogen) atoms. The van der Waals surface area contributed by atoms with Gasteiger partial charge >= 0.3 is 0 Å². The molecule has 96 valence electrons. The predicted octanol–water partition coefficient (Wildman–Crippen LogP) is 2.42. The fourth-order valence-electron chi connectivity index (χ4n) is 1.62. The Labute approximate surface area is 115 Å². The summed E-state index contributed by atoms with van der Waals surface area (Å²) < 4.78 is 0. The molecule has 0 unspecified atom stereocenters. The average Bonchev–Trinajstić information content (AvgIpc) is 2.69. The first kappa shape index (κ1) is 13.0. The minimum absolute atomic E-state index is 0.206. The third-order valence-electron chi connectivity index (χ3n) is 2.52. The molecule has 2 aromatic heterocycles. The summed E-state index contributed by atoms with van der Waals surface area (Å²) in [5, 5.41) is 3.28. The molecule has 0 atom stereocenters. The molecule has 0 saturated heterocycles. The molecule has 0 saturated carbocycles. The molecule has 2 N–H and O–H groups in total. The highest BCUT2D eigenvalue weighted by Gasteiger charge is 2.13. The number of nitrogen functional groups attached to an aromatic ring is 1. The third kappa shape index (κ3) is 2.70. The van der Waals surface area contributed by atoms with E-state index in [-0.39, 0.29) is 5.28 Å². The fraction of sp³-hybridized carbons (Fsp3) is 0.364. The lowest BCUT2D eigenvalue weighted by Crippen LogP contribution is -2.20. The van der Waals surface area contributed by atoms with Gasteiger partial charge in [0.1, 0.15) is 0 Å². The molecular weight excluding hydrogens is 270 g/mol. The van der Waals surface area contributed by atoms with Crippen LogP contribution in [0.3, 0.4) is 0 Å². The lowest BCUT2D eigenvalue weighted by Gasteiger charge is -2.19. The molecule has 0 aliphatic heterocycles. The van der Waals surface area contributed by atoms with Crippen molar-refractivity contribution in [3.05, 3.63) is 27.1 Å². The van der Waals surface area contributed by atoms with Gasteiger partial charge in [-0.1, -0.05) is 0 Å². The minimum Gasteiger partial charge on any atom is -0.394 e. The zero-order valence-corrected chi connectivity index (χ0v) is 12.0. The summed E-state index contributed by atoms with van der Waals surface area (Å²) in [5.74, 6) is 0.637. The van der Waals surface area contributed by atoms with E-state index in [0.29, 0.717) is 23.7 Å². The van der Waals surface area contributed by atoms with E-state index in [0.717, 1.165) is 10.7 Å². The van der Waals surface area contributed by atoms with Crippen LogP contribution in [0.1, 0.15) is 16.4 Å². The van der Waals surface area contributed by atoms with Gasteiger partial charge in [-0.3, -0.25) is 0 Å². The standard InChI is InChI=1S/C11H14ClN5S/c1-6-9(13)10(16-11(12)14-6)17(3)4-8-5-18-7(2)15-8/h5H,4,13H2,1-3H3. The zero-order valence-electron chi connectivity index (χ0n) is 10.4. The molecule has 0 radical (unpaired) electrons. The van der Waals surface area contributed by atoms with Crippen molar-refractivity contribution in [1.82, 2.24) is 15.0 Å². The van der Waals surface area contributed by atoms with Gasteiger partial charge in [-0.2, -0.15) is 4.98 Å². The van der Waals surface area contributed by atoms with Gasteiger partial charge < -0.3 is 10.6 Å². The highest BCUT2D eigenvalue weighted by molar-refractivity contribution is 7.09. The summed E-state index contributed by atoms with van der Waals surface area (Å²) in [4.78, 5) is 14.5. The predicted molar refractivity (Wildman–Crippen MR) is 75.1 cm³/mol. The van der Waals surface area contributed by atoms with Crippen molar-refractivity contribution in [2.24, 2.45) is 0 Å². The molecule has 0 fully saturated rings. The molecule has 2 rings (SSSR count). The van der Waals surface area contributed by atoms with Gasteiger partial charge in [0.25, 0.3) is 0 Å². The Hall–Kier alpha value is -1.40. The molecule has 2 heterocycles. The number of aryl methyl sites for hydroxylation is 2. The summed E-state index contributed by atoms with van der Waals surface area (Å²) in [7, 11) is 1.91. The lowest BCUT2D eigenvalue weighted by atomic mass is 10.3. The average molecular weight is 284 g/mol. The van der Waals surface area contributed by atoms with Gasteiger partial charge in [-0.15, -0.1) is 11.3 Å². The first-order chi connectivity index (χ1) is 8.47. The zero-order chi connectivity index (χ0) is 13.3. The van der Waals surface area contributed by atoms with E-state index in [1.165, 1.54) is 0 Å². The Kier molecular flexibility index (Phi) is 3.68. The van der Waals surface area contributed by atoms with E-state index in [2.05, 4.69) is 15.0 Å². The van der Waals surface area contributed by atoms with Gasteiger partial charge in [0.15, 0.2) is 5.82 Å². The number of thiazole rings is 1. The first-order valence-corrected chi connectivity index (χ1v) is 6.65. The normalized spacial score (nSPS) is 10.7. The maximum atomic E-state index is 5.97. The van der Waals surface area contributed by atoms with Crippen molar-refractivity contribution in [3.63, 3.8) is 0 Å². The summed E-state index contributed by atoms with van der Waals surface area (Å²) in [6.45, 7) is 4.43. The van der Waals surface area contributed by atoms with Crippen LogP contribution in [0.5, 0.6) is 0 Å². The van der Waals surface area contributed by atoms with E-state index in [4.69, 9.17) is 17.3 Å². The third-order valence-corrected chi connectivity index (χ3v) is 3.51. The van der Waals surface area contributed by atoms with Crippen LogP contribution < -0.4 is 10.6 Å². The van der Waals surface area contributed by atoms with E-state index in [1.807, 2.05) is 31.2 Å². The van der Waals surface area contributed by atoms with E-state index < -0.39 is 0 Å². The first-order valence-electron chi connectivity index (χ1n) is 5.39. The summed E-state index contributed by atoms with van der Waals surface area (Å²) in [6.07, 6.45) is 0. The van der Waals surface area contributed by atoms with E-state index in [1.54, 1.807) is 11.3 Å². The van der Waals surface area contributed by atoms with Crippen LogP contribution in [0, 0.1) is 13.8 Å². The van der Waals surface area contributed by atoms with Crippen molar-refractivity contribution >= 4 is 34.4 Å². The number of rotatable bonds is 3. The highest BCUT2D eigenvalue weighted by Crippen LogP contribution is 2.25. The minimum atomic E-state index is 0.206. The molecule has 0 spiro atoms.